The van der Waals surface area contributed by atoms with Crippen molar-refractivity contribution in [3.05, 3.63) is 88.7 Å². The summed E-state index contributed by atoms with van der Waals surface area (Å²) in [5.41, 5.74) is 2.98. The fourth-order valence-electron chi connectivity index (χ4n) is 2.77. The summed E-state index contributed by atoms with van der Waals surface area (Å²) in [6.07, 6.45) is 0. The lowest BCUT2D eigenvalue weighted by Gasteiger charge is -2.12. The highest BCUT2D eigenvalue weighted by atomic mass is 32.2. The molecule has 0 unspecified atom stereocenters. The fraction of sp³-hybridized carbons (Fsp3) is 0.136. The number of carbonyl (C=O) groups is 1. The second-order valence-electron chi connectivity index (χ2n) is 6.89. The fourth-order valence-corrected chi connectivity index (χ4v) is 3.86. The van der Waals surface area contributed by atoms with Crippen molar-refractivity contribution in [2.75, 3.05) is 10.0 Å². The zero-order chi connectivity index (χ0) is 21.2. The van der Waals surface area contributed by atoms with E-state index in [2.05, 4.69) is 10.0 Å². The smallest absolute Gasteiger partial charge is 0.261 e. The second kappa shape index (κ2) is 8.05. The minimum Gasteiger partial charge on any atom is -0.319 e. The van der Waals surface area contributed by atoms with Gasteiger partial charge in [-0.25, -0.2) is 12.8 Å². The number of hydrogen-bond donors (Lipinski definition) is 2. The third-order valence-electron chi connectivity index (χ3n) is 4.44. The molecule has 0 heterocycles. The van der Waals surface area contributed by atoms with Crippen LogP contribution in [0.25, 0.3) is 0 Å². The maximum absolute atomic E-state index is 14.0. The number of amides is 1. The second-order valence-corrected chi connectivity index (χ2v) is 8.57. The Morgan fingerprint density at radius 2 is 1.52 bits per heavy atom. The number of halogens is 1. The molecule has 0 spiro atoms. The van der Waals surface area contributed by atoms with Gasteiger partial charge in [-0.2, -0.15) is 0 Å². The van der Waals surface area contributed by atoms with Crippen LogP contribution in [0.2, 0.25) is 0 Å². The van der Waals surface area contributed by atoms with Gasteiger partial charge in [-0.15, -0.1) is 0 Å². The highest BCUT2D eigenvalue weighted by Gasteiger charge is 2.19. The van der Waals surface area contributed by atoms with Crippen molar-refractivity contribution >= 4 is 27.3 Å². The SMILES string of the molecule is Cc1ccc(NS(=O)(=O)c2ccc(C)c(C(=O)Nc3cc(C)ccc3F)c2)cc1. The third kappa shape index (κ3) is 4.81. The topological polar surface area (TPSA) is 75.3 Å². The van der Waals surface area contributed by atoms with E-state index < -0.39 is 21.7 Å². The van der Waals surface area contributed by atoms with Crippen LogP contribution in [0.3, 0.4) is 0 Å². The molecule has 0 bridgehead atoms. The van der Waals surface area contributed by atoms with Crippen LogP contribution >= 0.6 is 0 Å². The highest BCUT2D eigenvalue weighted by Crippen LogP contribution is 2.22. The largest absolute Gasteiger partial charge is 0.319 e. The van der Waals surface area contributed by atoms with Gasteiger partial charge in [0.05, 0.1) is 10.6 Å². The molecule has 0 aromatic heterocycles. The molecule has 0 aliphatic rings. The molecular weight excluding hydrogens is 391 g/mol. The number of hydrogen-bond acceptors (Lipinski definition) is 3. The number of anilines is 2. The van der Waals surface area contributed by atoms with Crippen molar-refractivity contribution in [2.45, 2.75) is 25.7 Å². The average Bonchev–Trinajstić information content (AvgIpc) is 2.66. The molecule has 3 aromatic rings. The van der Waals surface area contributed by atoms with E-state index in [-0.39, 0.29) is 16.1 Å². The Kier molecular flexibility index (Phi) is 5.70. The molecule has 0 aliphatic carbocycles. The maximum Gasteiger partial charge on any atom is 0.261 e. The Morgan fingerprint density at radius 3 is 2.21 bits per heavy atom. The molecule has 3 aromatic carbocycles. The van der Waals surface area contributed by atoms with E-state index in [9.17, 15) is 17.6 Å². The van der Waals surface area contributed by atoms with Crippen molar-refractivity contribution in [1.82, 2.24) is 0 Å². The lowest BCUT2D eigenvalue weighted by molar-refractivity contribution is 0.102. The quantitative estimate of drug-likeness (QED) is 0.632. The van der Waals surface area contributed by atoms with Crippen molar-refractivity contribution in [2.24, 2.45) is 0 Å². The number of nitrogens with one attached hydrogen (secondary N) is 2. The molecule has 7 heteroatoms. The first kappa shape index (κ1) is 20.5. The Morgan fingerprint density at radius 1 is 0.862 bits per heavy atom. The zero-order valence-electron chi connectivity index (χ0n) is 16.3. The Hall–Kier alpha value is -3.19. The van der Waals surface area contributed by atoms with Gasteiger partial charge in [0, 0.05) is 11.3 Å². The van der Waals surface area contributed by atoms with Gasteiger partial charge in [0.2, 0.25) is 0 Å². The molecule has 0 radical (unpaired) electrons. The average molecular weight is 412 g/mol. The van der Waals surface area contributed by atoms with Crippen LogP contribution in [0.1, 0.15) is 27.0 Å². The Balaban J connectivity index is 1.89. The van der Waals surface area contributed by atoms with Crippen LogP contribution in [-0.2, 0) is 10.0 Å². The first-order valence-electron chi connectivity index (χ1n) is 8.93. The van der Waals surface area contributed by atoms with Crippen LogP contribution in [0.4, 0.5) is 15.8 Å². The zero-order valence-corrected chi connectivity index (χ0v) is 17.1. The van der Waals surface area contributed by atoms with Gasteiger partial charge in [0.15, 0.2) is 0 Å². The van der Waals surface area contributed by atoms with Gasteiger partial charge in [-0.05, 0) is 68.3 Å². The summed E-state index contributed by atoms with van der Waals surface area (Å²) < 4.78 is 41.9. The summed E-state index contributed by atoms with van der Waals surface area (Å²) in [6, 6.07) is 15.6. The van der Waals surface area contributed by atoms with Gasteiger partial charge in [0.25, 0.3) is 15.9 Å². The van der Waals surface area contributed by atoms with Crippen LogP contribution in [-0.4, -0.2) is 14.3 Å². The maximum atomic E-state index is 14.0. The molecule has 0 saturated heterocycles. The molecule has 1 amide bonds. The lowest BCUT2D eigenvalue weighted by Crippen LogP contribution is -2.17. The lowest BCUT2D eigenvalue weighted by atomic mass is 10.1. The summed E-state index contributed by atoms with van der Waals surface area (Å²) in [4.78, 5) is 12.6. The number of aryl methyl sites for hydroxylation is 3. The van der Waals surface area contributed by atoms with E-state index in [1.165, 1.54) is 24.3 Å². The first-order chi connectivity index (χ1) is 13.7. The van der Waals surface area contributed by atoms with Crippen molar-refractivity contribution in [3.8, 4) is 0 Å². The predicted octanol–water partition coefficient (Wildman–Crippen LogP) is 4.80. The van der Waals surface area contributed by atoms with Gasteiger partial charge in [-0.1, -0.05) is 29.8 Å². The van der Waals surface area contributed by atoms with Crippen LogP contribution in [0.15, 0.2) is 65.6 Å². The van der Waals surface area contributed by atoms with E-state index in [1.807, 2.05) is 6.92 Å². The van der Waals surface area contributed by atoms with E-state index >= 15 is 0 Å². The van der Waals surface area contributed by atoms with Gasteiger partial charge < -0.3 is 5.32 Å². The normalized spacial score (nSPS) is 11.2. The van der Waals surface area contributed by atoms with E-state index in [0.29, 0.717) is 11.3 Å². The third-order valence-corrected chi connectivity index (χ3v) is 5.82. The summed E-state index contributed by atoms with van der Waals surface area (Å²) in [5, 5.41) is 2.51. The van der Waals surface area contributed by atoms with Crippen LogP contribution in [0.5, 0.6) is 0 Å². The van der Waals surface area contributed by atoms with Crippen LogP contribution in [0, 0.1) is 26.6 Å². The predicted molar refractivity (Wildman–Crippen MR) is 112 cm³/mol. The Labute approximate surface area is 169 Å². The molecule has 150 valence electrons. The minimum atomic E-state index is -3.89. The monoisotopic (exact) mass is 412 g/mol. The molecule has 0 saturated carbocycles. The summed E-state index contributed by atoms with van der Waals surface area (Å²) in [7, 11) is -3.89. The van der Waals surface area contributed by atoms with Crippen molar-refractivity contribution in [1.29, 1.82) is 0 Å². The molecule has 0 aliphatic heterocycles. The van der Waals surface area contributed by atoms with Gasteiger partial charge >= 0.3 is 0 Å². The molecule has 2 N–H and O–H groups in total. The number of rotatable bonds is 5. The molecule has 0 atom stereocenters. The number of carbonyl (C=O) groups excluding carboxylic acids is 1. The standard InChI is InChI=1S/C22H21FN2O3S/c1-14-4-8-17(9-5-14)25-29(27,28)18-10-7-16(3)19(13-18)22(26)24-21-12-15(2)6-11-20(21)23/h4-13,25H,1-3H3,(H,24,26). The van der Waals surface area contributed by atoms with Crippen molar-refractivity contribution in [3.63, 3.8) is 0 Å². The summed E-state index contributed by atoms with van der Waals surface area (Å²) in [6.45, 7) is 5.37. The van der Waals surface area contributed by atoms with Crippen LogP contribution < -0.4 is 10.0 Å². The minimum absolute atomic E-state index is 0.0421. The molecule has 5 nitrogen and oxygen atoms in total. The summed E-state index contributed by atoms with van der Waals surface area (Å²) in [5.74, 6) is -1.15. The molecule has 29 heavy (non-hydrogen) atoms. The van der Waals surface area contributed by atoms with E-state index in [0.717, 1.165) is 11.1 Å². The molecule has 0 fully saturated rings. The van der Waals surface area contributed by atoms with E-state index in [4.69, 9.17) is 0 Å². The molecular formula is C22H21FN2O3S. The van der Waals surface area contributed by atoms with Gasteiger partial charge in [-0.3, -0.25) is 9.52 Å². The van der Waals surface area contributed by atoms with E-state index in [1.54, 1.807) is 50.2 Å². The number of sulfonamides is 1. The summed E-state index contributed by atoms with van der Waals surface area (Å²) >= 11 is 0. The Bertz CT molecular complexity index is 1170. The molecule has 3 rings (SSSR count). The van der Waals surface area contributed by atoms with Gasteiger partial charge in [0.1, 0.15) is 5.82 Å². The van der Waals surface area contributed by atoms with Crippen molar-refractivity contribution < 1.29 is 17.6 Å². The first-order valence-corrected chi connectivity index (χ1v) is 10.4. The highest BCUT2D eigenvalue weighted by molar-refractivity contribution is 7.92. The number of benzene rings is 3.